The number of ether oxygens (including phenoxy) is 1. The van der Waals surface area contributed by atoms with Crippen LogP contribution in [-0.4, -0.2) is 38.7 Å². The number of rotatable bonds is 8. The van der Waals surface area contributed by atoms with Crippen molar-refractivity contribution in [1.82, 2.24) is 9.88 Å². The normalized spacial score (nSPS) is 11.9. The molecule has 0 bridgehead atoms. The van der Waals surface area contributed by atoms with E-state index in [0.717, 1.165) is 12.8 Å². The number of carbonyl (C=O) groups excluding carboxylic acids is 1. The van der Waals surface area contributed by atoms with Crippen LogP contribution < -0.4 is 5.32 Å². The number of halogens is 1. The van der Waals surface area contributed by atoms with Gasteiger partial charge in [-0.3, -0.25) is 4.79 Å². The van der Waals surface area contributed by atoms with Crippen molar-refractivity contribution < 1.29 is 17.9 Å². The highest BCUT2D eigenvalue weighted by molar-refractivity contribution is 8.13. The van der Waals surface area contributed by atoms with Gasteiger partial charge in [0.2, 0.25) is 0 Å². The zero-order valence-corrected chi connectivity index (χ0v) is 14.0. The van der Waals surface area contributed by atoms with Crippen LogP contribution in [0.5, 0.6) is 0 Å². The Kier molecular flexibility index (Phi) is 6.70. The molecule has 1 aromatic heterocycles. The van der Waals surface area contributed by atoms with E-state index < -0.39 is 9.05 Å². The fourth-order valence-electron chi connectivity index (χ4n) is 1.93. The smallest absolute Gasteiger partial charge is 0.268 e. The van der Waals surface area contributed by atoms with E-state index in [2.05, 4.69) is 5.32 Å². The Labute approximate surface area is 129 Å². The predicted molar refractivity (Wildman–Crippen MR) is 81.2 cm³/mol. The first kappa shape index (κ1) is 18.0. The Hall–Kier alpha value is -1.05. The molecule has 1 rings (SSSR count). The van der Waals surface area contributed by atoms with Crippen molar-refractivity contribution in [3.8, 4) is 0 Å². The van der Waals surface area contributed by atoms with Crippen molar-refractivity contribution in [1.29, 1.82) is 0 Å². The molecule has 0 aliphatic rings. The van der Waals surface area contributed by atoms with Crippen LogP contribution in [0, 0.1) is 0 Å². The van der Waals surface area contributed by atoms with E-state index in [1.54, 1.807) is 0 Å². The second kappa shape index (κ2) is 7.82. The third-order valence-electron chi connectivity index (χ3n) is 3.24. The van der Waals surface area contributed by atoms with Gasteiger partial charge >= 0.3 is 0 Å². The molecule has 0 atom stereocenters. The molecule has 21 heavy (non-hydrogen) atoms. The first-order chi connectivity index (χ1) is 9.83. The molecule has 0 unspecified atom stereocenters. The molecule has 0 saturated heterocycles. The van der Waals surface area contributed by atoms with Gasteiger partial charge in [0.1, 0.15) is 10.6 Å². The number of nitrogens with one attached hydrogen (secondary N) is 1. The predicted octanol–water partition coefficient (Wildman–Crippen LogP) is 1.98. The van der Waals surface area contributed by atoms with Gasteiger partial charge in [-0.2, -0.15) is 0 Å². The van der Waals surface area contributed by atoms with Gasteiger partial charge in [0.05, 0.1) is 6.61 Å². The zero-order valence-electron chi connectivity index (χ0n) is 12.4. The second-order valence-electron chi connectivity index (χ2n) is 4.67. The van der Waals surface area contributed by atoms with Crippen LogP contribution in [-0.2, 0) is 20.3 Å². The van der Waals surface area contributed by atoms with Gasteiger partial charge in [-0.05, 0) is 18.9 Å². The van der Waals surface area contributed by atoms with Crippen LogP contribution in [0.1, 0.15) is 37.2 Å². The SMILES string of the molecule is CCC(CC)NC(=O)c1cc(S(=O)(=O)Cl)cn1CCOC. The Bertz CT molecular complexity index is 579. The molecule has 6 nitrogen and oxygen atoms in total. The number of methoxy groups -OCH3 is 1. The second-order valence-corrected chi connectivity index (χ2v) is 7.24. The molecule has 0 spiro atoms. The molecule has 1 aromatic rings. The monoisotopic (exact) mass is 336 g/mol. The summed E-state index contributed by atoms with van der Waals surface area (Å²) in [6.45, 7) is 4.69. The maximum Gasteiger partial charge on any atom is 0.268 e. The molecular formula is C13H21ClN2O4S. The number of aromatic nitrogens is 1. The van der Waals surface area contributed by atoms with E-state index >= 15 is 0 Å². The first-order valence-corrected chi connectivity index (χ1v) is 9.09. The van der Waals surface area contributed by atoms with E-state index in [0.29, 0.717) is 13.2 Å². The average Bonchev–Trinajstić information content (AvgIpc) is 2.86. The van der Waals surface area contributed by atoms with Crippen molar-refractivity contribution in [3.05, 3.63) is 18.0 Å². The van der Waals surface area contributed by atoms with Crippen LogP contribution in [0.15, 0.2) is 17.2 Å². The van der Waals surface area contributed by atoms with Crippen LogP contribution in [0.2, 0.25) is 0 Å². The molecule has 0 aromatic carbocycles. The topological polar surface area (TPSA) is 77.4 Å². The van der Waals surface area contributed by atoms with Gasteiger partial charge in [0.15, 0.2) is 0 Å². The molecule has 1 amide bonds. The first-order valence-electron chi connectivity index (χ1n) is 6.78. The van der Waals surface area contributed by atoms with Crippen molar-refractivity contribution in [2.75, 3.05) is 13.7 Å². The Balaban J connectivity index is 3.07. The van der Waals surface area contributed by atoms with Crippen LogP contribution in [0.25, 0.3) is 0 Å². The molecule has 1 N–H and O–H groups in total. The summed E-state index contributed by atoms with van der Waals surface area (Å²) in [5.74, 6) is -0.314. The highest BCUT2D eigenvalue weighted by atomic mass is 35.7. The highest BCUT2D eigenvalue weighted by Gasteiger charge is 2.21. The fraction of sp³-hybridized carbons (Fsp3) is 0.615. The van der Waals surface area contributed by atoms with Gasteiger partial charge in [-0.1, -0.05) is 13.8 Å². The number of hydrogen-bond donors (Lipinski definition) is 1. The Morgan fingerprint density at radius 2 is 2.05 bits per heavy atom. The van der Waals surface area contributed by atoms with E-state index in [1.165, 1.54) is 23.9 Å². The standard InChI is InChI=1S/C13H21ClN2O4S/c1-4-10(5-2)15-13(17)12-8-11(21(14,18)19)9-16(12)6-7-20-3/h8-10H,4-7H2,1-3H3,(H,15,17). The number of amides is 1. The quantitative estimate of drug-likeness (QED) is 0.736. The summed E-state index contributed by atoms with van der Waals surface area (Å²) in [7, 11) is 3.00. The third kappa shape index (κ3) is 5.01. The lowest BCUT2D eigenvalue weighted by molar-refractivity contribution is 0.0922. The van der Waals surface area contributed by atoms with Gasteiger partial charge in [-0.15, -0.1) is 0 Å². The maximum atomic E-state index is 12.3. The summed E-state index contributed by atoms with van der Waals surface area (Å²) in [6.07, 6.45) is 2.96. The number of nitrogens with zero attached hydrogens (tertiary/aromatic N) is 1. The average molecular weight is 337 g/mol. The van der Waals surface area contributed by atoms with Crippen molar-refractivity contribution in [3.63, 3.8) is 0 Å². The minimum Gasteiger partial charge on any atom is -0.383 e. The summed E-state index contributed by atoms with van der Waals surface area (Å²) >= 11 is 0. The molecule has 120 valence electrons. The molecule has 1 heterocycles. The van der Waals surface area contributed by atoms with Gasteiger partial charge in [0, 0.05) is 36.6 Å². The lowest BCUT2D eigenvalue weighted by Crippen LogP contribution is -2.35. The summed E-state index contributed by atoms with van der Waals surface area (Å²) in [6, 6.07) is 1.34. The van der Waals surface area contributed by atoms with E-state index in [4.69, 9.17) is 15.4 Å². The zero-order chi connectivity index (χ0) is 16.0. The summed E-state index contributed by atoms with van der Waals surface area (Å²) in [5, 5.41) is 2.88. The third-order valence-corrected chi connectivity index (χ3v) is 4.56. The minimum atomic E-state index is -3.87. The molecular weight excluding hydrogens is 316 g/mol. The molecule has 0 radical (unpaired) electrons. The molecule has 0 saturated carbocycles. The lowest BCUT2D eigenvalue weighted by atomic mass is 10.1. The van der Waals surface area contributed by atoms with Gasteiger partial charge < -0.3 is 14.6 Å². The largest absolute Gasteiger partial charge is 0.383 e. The summed E-state index contributed by atoms with van der Waals surface area (Å²) in [4.78, 5) is 12.2. The van der Waals surface area contributed by atoms with Crippen molar-refractivity contribution in [2.24, 2.45) is 0 Å². The van der Waals surface area contributed by atoms with Crippen LogP contribution in [0.3, 0.4) is 0 Å². The molecule has 0 aliphatic carbocycles. The van der Waals surface area contributed by atoms with E-state index in [1.807, 2.05) is 13.8 Å². The summed E-state index contributed by atoms with van der Waals surface area (Å²) in [5.41, 5.74) is 0.262. The number of carbonyl (C=O) groups is 1. The van der Waals surface area contributed by atoms with E-state index in [-0.39, 0.29) is 22.5 Å². The maximum absolute atomic E-state index is 12.3. The molecule has 0 fully saturated rings. The summed E-state index contributed by atoms with van der Waals surface area (Å²) < 4.78 is 29.3. The highest BCUT2D eigenvalue weighted by Crippen LogP contribution is 2.19. The fourth-order valence-corrected chi connectivity index (χ4v) is 2.69. The van der Waals surface area contributed by atoms with Crippen molar-refractivity contribution >= 4 is 25.6 Å². The lowest BCUT2D eigenvalue weighted by Gasteiger charge is -2.15. The minimum absolute atomic E-state index is 0.0549. The van der Waals surface area contributed by atoms with Gasteiger partial charge in [-0.25, -0.2) is 8.42 Å². The van der Waals surface area contributed by atoms with E-state index in [9.17, 15) is 13.2 Å². The Morgan fingerprint density at radius 3 is 2.52 bits per heavy atom. The molecule has 0 aliphatic heterocycles. The Morgan fingerprint density at radius 1 is 1.43 bits per heavy atom. The van der Waals surface area contributed by atoms with Gasteiger partial charge in [0.25, 0.3) is 15.0 Å². The van der Waals surface area contributed by atoms with Crippen LogP contribution >= 0.6 is 10.7 Å². The molecule has 8 heteroatoms. The number of hydrogen-bond acceptors (Lipinski definition) is 4. The van der Waals surface area contributed by atoms with Crippen LogP contribution in [0.4, 0.5) is 0 Å². The van der Waals surface area contributed by atoms with Crippen molar-refractivity contribution in [2.45, 2.75) is 44.2 Å².